The van der Waals surface area contributed by atoms with Crippen LogP contribution in [0.2, 0.25) is 0 Å². The Morgan fingerprint density at radius 1 is 0.619 bits per heavy atom. The Hall–Kier alpha value is -2.34. The number of fused-ring (bicyclic) bond motifs is 7. The first-order chi connectivity index (χ1) is 10.3. The number of aryl methyl sites for hydroxylation is 1. The van der Waals surface area contributed by atoms with Crippen LogP contribution in [0.4, 0.5) is 0 Å². The van der Waals surface area contributed by atoms with Crippen molar-refractivity contribution in [2.75, 3.05) is 0 Å². The highest BCUT2D eigenvalue weighted by Gasteiger charge is 2.28. The number of benzene rings is 3. The Kier molecular flexibility index (Phi) is 2.08. The minimum Gasteiger partial charge on any atom is -0.0619 e. The lowest BCUT2D eigenvalue weighted by atomic mass is 9.93. The van der Waals surface area contributed by atoms with Crippen LogP contribution in [-0.4, -0.2) is 0 Å². The quantitative estimate of drug-likeness (QED) is 0.365. The molecule has 0 aliphatic heterocycles. The molecule has 2 aliphatic rings. The highest BCUT2D eigenvalue weighted by atomic mass is 14.3. The lowest BCUT2D eigenvalue weighted by molar-refractivity contribution is 1.23. The van der Waals surface area contributed by atoms with Gasteiger partial charge in [0.25, 0.3) is 0 Å². The van der Waals surface area contributed by atoms with Crippen LogP contribution in [0.25, 0.3) is 22.3 Å². The number of hydrogen-bond acceptors (Lipinski definition) is 0. The largest absolute Gasteiger partial charge is 0.0619 e. The second-order valence-corrected chi connectivity index (χ2v) is 6.31. The lowest BCUT2D eigenvalue weighted by Gasteiger charge is -2.10. The molecule has 0 heterocycles. The molecular formula is C21H16. The van der Waals surface area contributed by atoms with E-state index in [2.05, 4.69) is 61.5 Å². The summed E-state index contributed by atoms with van der Waals surface area (Å²) >= 11 is 0. The summed E-state index contributed by atoms with van der Waals surface area (Å²) in [4.78, 5) is 0. The average Bonchev–Trinajstić information content (AvgIpc) is 3.04. The highest BCUT2D eigenvalue weighted by molar-refractivity contribution is 5.95. The Bertz CT molecular complexity index is 900. The van der Waals surface area contributed by atoms with Crippen molar-refractivity contribution in [1.29, 1.82) is 0 Å². The molecule has 0 amide bonds. The molecule has 5 rings (SSSR count). The molecule has 0 fully saturated rings. The summed E-state index contributed by atoms with van der Waals surface area (Å²) in [6, 6.07) is 20.5. The van der Waals surface area contributed by atoms with Crippen molar-refractivity contribution in [1.82, 2.24) is 0 Å². The molecule has 0 atom stereocenters. The van der Waals surface area contributed by atoms with Crippen molar-refractivity contribution in [2.24, 2.45) is 0 Å². The first-order valence-corrected chi connectivity index (χ1v) is 7.64. The summed E-state index contributed by atoms with van der Waals surface area (Å²) in [6.07, 6.45) is 2.17. The van der Waals surface area contributed by atoms with Crippen LogP contribution in [0, 0.1) is 6.92 Å². The Morgan fingerprint density at radius 3 is 2.05 bits per heavy atom. The highest BCUT2D eigenvalue weighted by Crippen LogP contribution is 2.48. The predicted octanol–water partition coefficient (Wildman–Crippen LogP) is 5.14. The molecule has 0 saturated carbocycles. The maximum atomic E-state index is 2.36. The van der Waals surface area contributed by atoms with E-state index in [-0.39, 0.29) is 0 Å². The van der Waals surface area contributed by atoms with Gasteiger partial charge in [-0.05, 0) is 64.3 Å². The van der Waals surface area contributed by atoms with Gasteiger partial charge in [-0.25, -0.2) is 0 Å². The van der Waals surface area contributed by atoms with Crippen molar-refractivity contribution in [2.45, 2.75) is 19.8 Å². The standard InChI is InChI=1S/C21H16/c1-13-6-7-15-12-17-9-8-16-11-14-4-2-3-5-18(14)20(16)21(17)19(15)10-13/h2-10H,11-12H2,1H3. The fourth-order valence-electron chi connectivity index (χ4n) is 4.00. The Balaban J connectivity index is 1.88. The van der Waals surface area contributed by atoms with E-state index < -0.39 is 0 Å². The topological polar surface area (TPSA) is 0 Å². The fraction of sp³-hybridized carbons (Fsp3) is 0.143. The molecule has 0 radical (unpaired) electrons. The normalized spacial score (nSPS) is 13.6. The molecule has 3 aromatic rings. The zero-order valence-corrected chi connectivity index (χ0v) is 12.1. The molecule has 0 bridgehead atoms. The lowest BCUT2D eigenvalue weighted by Crippen LogP contribution is -1.87. The molecule has 0 saturated heterocycles. The van der Waals surface area contributed by atoms with E-state index in [1.165, 1.54) is 50.1 Å². The summed E-state index contributed by atoms with van der Waals surface area (Å²) in [5.74, 6) is 0. The predicted molar refractivity (Wildman–Crippen MR) is 87.7 cm³/mol. The zero-order chi connectivity index (χ0) is 14.0. The molecule has 0 unspecified atom stereocenters. The Morgan fingerprint density at radius 2 is 1.24 bits per heavy atom. The van der Waals surface area contributed by atoms with Gasteiger partial charge in [-0.2, -0.15) is 0 Å². The van der Waals surface area contributed by atoms with Crippen molar-refractivity contribution in [3.05, 3.63) is 82.4 Å². The van der Waals surface area contributed by atoms with Gasteiger partial charge in [-0.15, -0.1) is 0 Å². The van der Waals surface area contributed by atoms with Crippen LogP contribution in [0.1, 0.15) is 27.8 Å². The number of rotatable bonds is 0. The summed E-state index contributed by atoms with van der Waals surface area (Å²) in [5.41, 5.74) is 13.2. The van der Waals surface area contributed by atoms with Crippen LogP contribution in [0.5, 0.6) is 0 Å². The van der Waals surface area contributed by atoms with Gasteiger partial charge in [0, 0.05) is 0 Å². The maximum Gasteiger partial charge on any atom is -0.00132 e. The number of hydrogen-bond donors (Lipinski definition) is 0. The smallest absolute Gasteiger partial charge is 0.00132 e. The van der Waals surface area contributed by atoms with Gasteiger partial charge in [0.15, 0.2) is 0 Å². The molecular weight excluding hydrogens is 252 g/mol. The molecule has 0 aromatic heterocycles. The van der Waals surface area contributed by atoms with Crippen LogP contribution in [0.15, 0.2) is 54.6 Å². The molecule has 0 spiro atoms. The third-order valence-corrected chi connectivity index (χ3v) is 4.96. The van der Waals surface area contributed by atoms with Crippen molar-refractivity contribution >= 4 is 0 Å². The van der Waals surface area contributed by atoms with Crippen LogP contribution in [-0.2, 0) is 12.8 Å². The van der Waals surface area contributed by atoms with Crippen molar-refractivity contribution in [3.8, 4) is 22.3 Å². The third-order valence-electron chi connectivity index (χ3n) is 4.96. The molecule has 3 aromatic carbocycles. The SMILES string of the molecule is Cc1ccc2c(c1)-c1c(ccc3c1-c1ccccc1C3)C2. The van der Waals surface area contributed by atoms with E-state index >= 15 is 0 Å². The van der Waals surface area contributed by atoms with Crippen LogP contribution >= 0.6 is 0 Å². The monoisotopic (exact) mass is 268 g/mol. The van der Waals surface area contributed by atoms with Gasteiger partial charge >= 0.3 is 0 Å². The Labute approximate surface area is 125 Å². The average molecular weight is 268 g/mol. The maximum absolute atomic E-state index is 2.36. The van der Waals surface area contributed by atoms with Gasteiger partial charge in [0.05, 0.1) is 0 Å². The van der Waals surface area contributed by atoms with Gasteiger partial charge in [-0.3, -0.25) is 0 Å². The van der Waals surface area contributed by atoms with E-state index in [0.29, 0.717) is 0 Å². The summed E-state index contributed by atoms with van der Waals surface area (Å²) < 4.78 is 0. The molecule has 0 nitrogen and oxygen atoms in total. The van der Waals surface area contributed by atoms with Gasteiger partial charge in [0.2, 0.25) is 0 Å². The summed E-state index contributed by atoms with van der Waals surface area (Å²) in [6.45, 7) is 2.19. The van der Waals surface area contributed by atoms with Gasteiger partial charge in [0.1, 0.15) is 0 Å². The second-order valence-electron chi connectivity index (χ2n) is 6.31. The molecule has 21 heavy (non-hydrogen) atoms. The third kappa shape index (κ3) is 1.45. The zero-order valence-electron chi connectivity index (χ0n) is 12.1. The molecule has 2 aliphatic carbocycles. The first kappa shape index (κ1) is 11.3. The minimum atomic E-state index is 1.08. The van der Waals surface area contributed by atoms with Gasteiger partial charge < -0.3 is 0 Å². The van der Waals surface area contributed by atoms with E-state index in [9.17, 15) is 0 Å². The van der Waals surface area contributed by atoms with E-state index in [1.54, 1.807) is 0 Å². The van der Waals surface area contributed by atoms with Crippen LogP contribution < -0.4 is 0 Å². The first-order valence-electron chi connectivity index (χ1n) is 7.64. The molecule has 100 valence electrons. The van der Waals surface area contributed by atoms with Gasteiger partial charge in [-0.1, -0.05) is 60.2 Å². The van der Waals surface area contributed by atoms with E-state index in [4.69, 9.17) is 0 Å². The van der Waals surface area contributed by atoms with E-state index in [1.807, 2.05) is 0 Å². The minimum absolute atomic E-state index is 1.08. The molecule has 0 heteroatoms. The van der Waals surface area contributed by atoms with Crippen molar-refractivity contribution in [3.63, 3.8) is 0 Å². The van der Waals surface area contributed by atoms with E-state index in [0.717, 1.165) is 12.8 Å². The van der Waals surface area contributed by atoms with Crippen LogP contribution in [0.3, 0.4) is 0 Å². The molecule has 0 N–H and O–H groups in total. The fourth-order valence-corrected chi connectivity index (χ4v) is 4.00. The summed E-state index contributed by atoms with van der Waals surface area (Å²) in [5, 5.41) is 0. The second kappa shape index (κ2) is 3.85. The van der Waals surface area contributed by atoms with Crippen molar-refractivity contribution < 1.29 is 0 Å². The summed E-state index contributed by atoms with van der Waals surface area (Å²) in [7, 11) is 0.